The fraction of sp³-hybridized carbons (Fsp3) is 0.409. The number of fused-ring (bicyclic) bond motifs is 1. The van der Waals surface area contributed by atoms with Crippen LogP contribution >= 0.6 is 12.4 Å². The molecule has 0 saturated carbocycles. The highest BCUT2D eigenvalue weighted by atomic mass is 35.5. The maximum absolute atomic E-state index is 12.5. The summed E-state index contributed by atoms with van der Waals surface area (Å²) in [6, 6.07) is 12.0. The number of ether oxygens (including phenoxy) is 2. The van der Waals surface area contributed by atoms with E-state index in [0.717, 1.165) is 43.0 Å². The maximum atomic E-state index is 12.5. The average Bonchev–Trinajstić information content (AvgIpc) is 2.72. The standard InChI is InChI=1S/C22H25F3N2O3.ClH/c23-22(24,25)16-9-11-17(12-10-16)27-21(28)8-2-1-5-13-26-14-18-15-29-19-6-3-4-7-20(19)30-18;/h3-4,6-7,9-12,18,26H,1-2,5,8,13-15H2,(H,27,28);1H. The normalized spacial score (nSPS) is 15.1. The van der Waals surface area contributed by atoms with E-state index < -0.39 is 11.7 Å². The fourth-order valence-electron chi connectivity index (χ4n) is 3.11. The van der Waals surface area contributed by atoms with Gasteiger partial charge in [0.05, 0.1) is 5.56 Å². The van der Waals surface area contributed by atoms with Crippen LogP contribution in [0.4, 0.5) is 18.9 Å². The van der Waals surface area contributed by atoms with Gasteiger partial charge in [0, 0.05) is 18.7 Å². The number of rotatable bonds is 9. The highest BCUT2D eigenvalue weighted by Gasteiger charge is 2.30. The quantitative estimate of drug-likeness (QED) is 0.516. The summed E-state index contributed by atoms with van der Waals surface area (Å²) in [5, 5.41) is 5.96. The first-order chi connectivity index (χ1) is 14.4. The van der Waals surface area contributed by atoms with E-state index in [1.165, 1.54) is 12.1 Å². The van der Waals surface area contributed by atoms with E-state index in [2.05, 4.69) is 10.6 Å². The molecule has 2 aromatic carbocycles. The van der Waals surface area contributed by atoms with Gasteiger partial charge in [0.2, 0.25) is 5.91 Å². The molecule has 9 heteroatoms. The van der Waals surface area contributed by atoms with Crippen molar-refractivity contribution in [3.05, 3.63) is 54.1 Å². The minimum atomic E-state index is -4.38. The van der Waals surface area contributed by atoms with Gasteiger partial charge in [0.15, 0.2) is 11.5 Å². The van der Waals surface area contributed by atoms with Crippen molar-refractivity contribution in [1.29, 1.82) is 0 Å². The van der Waals surface area contributed by atoms with Gasteiger partial charge in [-0.25, -0.2) is 0 Å². The lowest BCUT2D eigenvalue weighted by atomic mass is 10.1. The second kappa shape index (κ2) is 11.8. The van der Waals surface area contributed by atoms with Gasteiger partial charge in [-0.2, -0.15) is 13.2 Å². The zero-order valence-corrected chi connectivity index (χ0v) is 17.7. The highest BCUT2D eigenvalue weighted by molar-refractivity contribution is 5.90. The van der Waals surface area contributed by atoms with E-state index in [-0.39, 0.29) is 24.4 Å². The van der Waals surface area contributed by atoms with Gasteiger partial charge in [-0.1, -0.05) is 18.6 Å². The molecule has 2 N–H and O–H groups in total. The molecular weight excluding hydrogens is 433 g/mol. The molecule has 3 rings (SSSR count). The number of benzene rings is 2. The number of halogens is 4. The third-order valence-electron chi connectivity index (χ3n) is 4.69. The molecule has 0 bridgehead atoms. The Hall–Kier alpha value is -2.45. The highest BCUT2D eigenvalue weighted by Crippen LogP contribution is 2.31. The molecule has 2 aromatic rings. The predicted molar refractivity (Wildman–Crippen MR) is 115 cm³/mol. The number of hydrogen-bond donors (Lipinski definition) is 2. The van der Waals surface area contributed by atoms with Crippen molar-refractivity contribution in [3.8, 4) is 11.5 Å². The Kier molecular flexibility index (Phi) is 9.45. The molecule has 1 aliphatic heterocycles. The minimum absolute atomic E-state index is 0. The molecule has 170 valence electrons. The smallest absolute Gasteiger partial charge is 0.416 e. The first kappa shape index (κ1) is 24.8. The molecule has 0 radical (unpaired) electrons. The molecule has 31 heavy (non-hydrogen) atoms. The van der Waals surface area contributed by atoms with E-state index in [1.54, 1.807) is 0 Å². The lowest BCUT2D eigenvalue weighted by Crippen LogP contribution is -2.38. The summed E-state index contributed by atoms with van der Waals surface area (Å²) in [5.41, 5.74) is -0.367. The van der Waals surface area contributed by atoms with E-state index in [4.69, 9.17) is 9.47 Å². The minimum Gasteiger partial charge on any atom is -0.486 e. The zero-order valence-electron chi connectivity index (χ0n) is 16.9. The Morgan fingerprint density at radius 3 is 2.42 bits per heavy atom. The second-order valence-electron chi connectivity index (χ2n) is 7.14. The molecule has 1 amide bonds. The summed E-state index contributed by atoms with van der Waals surface area (Å²) in [5.74, 6) is 1.33. The van der Waals surface area contributed by atoms with Crippen molar-refractivity contribution in [1.82, 2.24) is 5.32 Å². The van der Waals surface area contributed by atoms with E-state index >= 15 is 0 Å². The third kappa shape index (κ3) is 7.95. The van der Waals surface area contributed by atoms with Crippen molar-refractivity contribution in [2.45, 2.75) is 38.0 Å². The van der Waals surface area contributed by atoms with Crippen LogP contribution < -0.4 is 20.1 Å². The van der Waals surface area contributed by atoms with Crippen LogP contribution in [0.25, 0.3) is 0 Å². The van der Waals surface area contributed by atoms with Crippen LogP contribution in [0, 0.1) is 0 Å². The molecule has 0 fully saturated rings. The Labute approximate surface area is 185 Å². The van der Waals surface area contributed by atoms with Gasteiger partial charge < -0.3 is 20.1 Å². The number of alkyl halides is 3. The van der Waals surface area contributed by atoms with Crippen molar-refractivity contribution in [3.63, 3.8) is 0 Å². The maximum Gasteiger partial charge on any atom is 0.416 e. The van der Waals surface area contributed by atoms with Crippen LogP contribution in [0.2, 0.25) is 0 Å². The topological polar surface area (TPSA) is 59.6 Å². The Bertz CT molecular complexity index is 831. The van der Waals surface area contributed by atoms with Crippen LogP contribution in [0.1, 0.15) is 31.2 Å². The number of carbonyl (C=O) groups excluding carboxylic acids is 1. The summed E-state index contributed by atoms with van der Waals surface area (Å²) in [6.07, 6.45) is -1.58. The lowest BCUT2D eigenvalue weighted by molar-refractivity contribution is -0.137. The van der Waals surface area contributed by atoms with Gasteiger partial charge in [-0.3, -0.25) is 4.79 Å². The van der Waals surface area contributed by atoms with Gasteiger partial charge in [-0.05, 0) is 55.8 Å². The Morgan fingerprint density at radius 2 is 1.71 bits per heavy atom. The van der Waals surface area contributed by atoms with Gasteiger partial charge in [0.25, 0.3) is 0 Å². The molecule has 0 spiro atoms. The van der Waals surface area contributed by atoms with Crippen molar-refractivity contribution in [2.75, 3.05) is 25.0 Å². The number of amides is 1. The number of unbranched alkanes of at least 4 members (excludes halogenated alkanes) is 2. The van der Waals surface area contributed by atoms with Crippen molar-refractivity contribution in [2.24, 2.45) is 0 Å². The largest absolute Gasteiger partial charge is 0.486 e. The lowest BCUT2D eigenvalue weighted by Gasteiger charge is -2.26. The summed E-state index contributed by atoms with van der Waals surface area (Å²) >= 11 is 0. The molecule has 0 saturated heterocycles. The monoisotopic (exact) mass is 458 g/mol. The van der Waals surface area contributed by atoms with E-state index in [0.29, 0.717) is 31.7 Å². The molecule has 1 atom stereocenters. The molecule has 5 nitrogen and oxygen atoms in total. The van der Waals surface area contributed by atoms with Gasteiger partial charge in [0.1, 0.15) is 12.7 Å². The van der Waals surface area contributed by atoms with Crippen LogP contribution in [0.5, 0.6) is 11.5 Å². The first-order valence-electron chi connectivity index (χ1n) is 9.98. The van der Waals surface area contributed by atoms with E-state index in [9.17, 15) is 18.0 Å². The first-order valence-corrected chi connectivity index (χ1v) is 9.98. The molecule has 1 unspecified atom stereocenters. The van der Waals surface area contributed by atoms with Crippen molar-refractivity contribution < 1.29 is 27.4 Å². The number of hydrogen-bond acceptors (Lipinski definition) is 4. The van der Waals surface area contributed by atoms with Crippen LogP contribution in [0.15, 0.2) is 48.5 Å². The van der Waals surface area contributed by atoms with E-state index in [1.807, 2.05) is 24.3 Å². The molecule has 1 heterocycles. The molecule has 0 aliphatic carbocycles. The van der Waals surface area contributed by atoms with Crippen LogP contribution in [0.3, 0.4) is 0 Å². The molecule has 1 aliphatic rings. The summed E-state index contributed by atoms with van der Waals surface area (Å²) in [7, 11) is 0. The SMILES string of the molecule is Cl.O=C(CCCCCNCC1COc2ccccc2O1)Nc1ccc(C(F)(F)F)cc1. The Morgan fingerprint density at radius 1 is 1.00 bits per heavy atom. The van der Waals surface area contributed by atoms with Crippen LogP contribution in [-0.4, -0.2) is 31.7 Å². The average molecular weight is 459 g/mol. The zero-order chi connectivity index (χ0) is 21.4. The third-order valence-corrected chi connectivity index (χ3v) is 4.69. The number of nitrogens with one attached hydrogen (secondary N) is 2. The second-order valence-corrected chi connectivity index (χ2v) is 7.14. The number of anilines is 1. The fourth-order valence-corrected chi connectivity index (χ4v) is 3.11. The molecule has 0 aromatic heterocycles. The Balaban J connectivity index is 0.00000341. The number of carbonyl (C=O) groups is 1. The van der Waals surface area contributed by atoms with Crippen molar-refractivity contribution >= 4 is 24.0 Å². The van der Waals surface area contributed by atoms with Gasteiger partial charge in [-0.15, -0.1) is 12.4 Å². The predicted octanol–water partition coefficient (Wildman–Crippen LogP) is 5.06. The summed E-state index contributed by atoms with van der Waals surface area (Å²) in [4.78, 5) is 11.9. The summed E-state index contributed by atoms with van der Waals surface area (Å²) < 4.78 is 49.1. The molecular formula is C22H26ClF3N2O3. The number of para-hydroxylation sites is 2. The van der Waals surface area contributed by atoms with Crippen LogP contribution in [-0.2, 0) is 11.0 Å². The van der Waals surface area contributed by atoms with Gasteiger partial charge >= 0.3 is 6.18 Å². The summed E-state index contributed by atoms with van der Waals surface area (Å²) in [6.45, 7) is 2.00.